The number of nitrogens with zero attached hydrogens (tertiary/aromatic N) is 3. The van der Waals surface area contributed by atoms with Gasteiger partial charge in [-0.15, -0.1) is 0 Å². The van der Waals surface area contributed by atoms with Gasteiger partial charge in [-0.05, 0) is 25.1 Å². The van der Waals surface area contributed by atoms with Crippen LogP contribution in [0.4, 0.5) is 8.78 Å². The summed E-state index contributed by atoms with van der Waals surface area (Å²) in [5.41, 5.74) is 2.18. The number of benzene rings is 1. The molecule has 3 rings (SSSR count). The van der Waals surface area contributed by atoms with Gasteiger partial charge in [0.1, 0.15) is 18.2 Å². The maximum absolute atomic E-state index is 12.4. The second-order valence-corrected chi connectivity index (χ2v) is 4.55. The van der Waals surface area contributed by atoms with Gasteiger partial charge in [-0.1, -0.05) is 18.2 Å². The largest absolute Gasteiger partial charge is 0.487 e. The smallest absolute Gasteiger partial charge is 0.272 e. The summed E-state index contributed by atoms with van der Waals surface area (Å²) < 4.78 is 31.6. The fourth-order valence-electron chi connectivity index (χ4n) is 2.19. The highest BCUT2D eigenvalue weighted by Gasteiger charge is 2.13. The Morgan fingerprint density at radius 1 is 1.14 bits per heavy atom. The maximum Gasteiger partial charge on any atom is 0.272 e. The number of para-hydroxylation sites is 1. The third-order valence-corrected chi connectivity index (χ3v) is 3.01. The molecule has 2 heterocycles. The first-order chi connectivity index (χ1) is 10.1. The Kier molecular flexibility index (Phi) is 3.51. The summed E-state index contributed by atoms with van der Waals surface area (Å²) in [6, 6.07) is 10.8. The third-order valence-electron chi connectivity index (χ3n) is 3.01. The van der Waals surface area contributed by atoms with Crippen molar-refractivity contribution in [2.75, 3.05) is 6.61 Å². The van der Waals surface area contributed by atoms with Crippen molar-refractivity contribution in [3.8, 4) is 16.9 Å². The molecule has 0 bridgehead atoms. The summed E-state index contributed by atoms with van der Waals surface area (Å²) >= 11 is 0. The van der Waals surface area contributed by atoms with Crippen molar-refractivity contribution >= 4 is 5.65 Å². The molecule has 0 aliphatic carbocycles. The van der Waals surface area contributed by atoms with Gasteiger partial charge in [0.2, 0.25) is 0 Å². The number of fused-ring (bicyclic) bond motifs is 1. The van der Waals surface area contributed by atoms with E-state index in [2.05, 4.69) is 10.1 Å². The lowest BCUT2D eigenvalue weighted by molar-refractivity contribution is 0.0822. The van der Waals surface area contributed by atoms with E-state index in [-0.39, 0.29) is 0 Å². The van der Waals surface area contributed by atoms with Crippen LogP contribution in [0.15, 0.2) is 42.6 Å². The normalized spacial score (nSPS) is 11.2. The second-order valence-electron chi connectivity index (χ2n) is 4.55. The molecular weight excluding hydrogens is 276 g/mol. The molecule has 4 nitrogen and oxygen atoms in total. The molecule has 6 heteroatoms. The number of aromatic nitrogens is 3. The van der Waals surface area contributed by atoms with Crippen molar-refractivity contribution in [2.24, 2.45) is 0 Å². The molecule has 0 saturated carbocycles. The molecule has 1 aromatic carbocycles. The van der Waals surface area contributed by atoms with E-state index in [1.165, 1.54) is 0 Å². The highest BCUT2D eigenvalue weighted by atomic mass is 19.3. The molecular formula is C15H13F2N3O. The topological polar surface area (TPSA) is 39.4 Å². The predicted octanol–water partition coefficient (Wildman–Crippen LogP) is 3.35. The van der Waals surface area contributed by atoms with E-state index in [4.69, 9.17) is 4.74 Å². The van der Waals surface area contributed by atoms with Crippen molar-refractivity contribution in [1.82, 2.24) is 14.6 Å². The van der Waals surface area contributed by atoms with E-state index in [1.807, 2.05) is 24.3 Å². The van der Waals surface area contributed by atoms with Crippen LogP contribution < -0.4 is 4.74 Å². The van der Waals surface area contributed by atoms with Gasteiger partial charge in [-0.2, -0.15) is 5.10 Å². The van der Waals surface area contributed by atoms with E-state index in [0.717, 1.165) is 11.1 Å². The number of pyridine rings is 1. The van der Waals surface area contributed by atoms with Crippen LogP contribution in [0.5, 0.6) is 5.75 Å². The molecule has 21 heavy (non-hydrogen) atoms. The minimum Gasteiger partial charge on any atom is -0.487 e. The molecule has 2 aromatic heterocycles. The van der Waals surface area contributed by atoms with Gasteiger partial charge in [-0.25, -0.2) is 18.3 Å². The molecule has 0 amide bonds. The highest BCUT2D eigenvalue weighted by molar-refractivity contribution is 5.81. The Labute approximate surface area is 120 Å². The molecule has 0 atom stereocenters. The molecule has 0 fully saturated rings. The standard InChI is InChI=1S/C15H13F2N3O/c1-10-18-15-12(6-4-8-20(15)19-10)11-5-2-3-7-13(11)21-9-14(16)17/h2-8,14H,9H2,1H3. The number of halogens is 2. The van der Waals surface area contributed by atoms with Crippen molar-refractivity contribution in [3.63, 3.8) is 0 Å². The first-order valence-electron chi connectivity index (χ1n) is 6.47. The van der Waals surface area contributed by atoms with Crippen LogP contribution in [0.3, 0.4) is 0 Å². The third kappa shape index (κ3) is 2.69. The first kappa shape index (κ1) is 13.5. The number of hydrogen-bond acceptors (Lipinski definition) is 3. The van der Waals surface area contributed by atoms with Crippen LogP contribution in [0.2, 0.25) is 0 Å². The van der Waals surface area contributed by atoms with Crippen molar-refractivity contribution in [2.45, 2.75) is 13.3 Å². The van der Waals surface area contributed by atoms with Crippen molar-refractivity contribution < 1.29 is 13.5 Å². The van der Waals surface area contributed by atoms with Gasteiger partial charge in [0.15, 0.2) is 5.65 Å². The van der Waals surface area contributed by atoms with Crippen molar-refractivity contribution in [3.05, 3.63) is 48.4 Å². The molecule has 0 N–H and O–H groups in total. The monoisotopic (exact) mass is 289 g/mol. The lowest BCUT2D eigenvalue weighted by Gasteiger charge is -2.11. The molecule has 0 aliphatic heterocycles. The number of alkyl halides is 2. The second kappa shape index (κ2) is 5.47. The van der Waals surface area contributed by atoms with Crippen LogP contribution in [0.1, 0.15) is 5.82 Å². The van der Waals surface area contributed by atoms with E-state index >= 15 is 0 Å². The van der Waals surface area contributed by atoms with E-state index in [9.17, 15) is 8.78 Å². The van der Waals surface area contributed by atoms with Crippen LogP contribution in [0.25, 0.3) is 16.8 Å². The number of rotatable bonds is 4. The number of ether oxygens (including phenoxy) is 1. The lowest BCUT2D eigenvalue weighted by atomic mass is 10.1. The van der Waals surface area contributed by atoms with Crippen molar-refractivity contribution in [1.29, 1.82) is 0 Å². The zero-order chi connectivity index (χ0) is 14.8. The Hall–Kier alpha value is -2.50. The molecule has 0 aliphatic rings. The number of aryl methyl sites for hydroxylation is 1. The summed E-state index contributed by atoms with van der Waals surface area (Å²) in [7, 11) is 0. The quantitative estimate of drug-likeness (QED) is 0.739. The van der Waals surface area contributed by atoms with Gasteiger partial charge >= 0.3 is 0 Å². The Morgan fingerprint density at radius 3 is 2.71 bits per heavy atom. The van der Waals surface area contributed by atoms with E-state index < -0.39 is 13.0 Å². The van der Waals surface area contributed by atoms with Gasteiger partial charge in [0, 0.05) is 17.3 Å². The fourth-order valence-corrected chi connectivity index (χ4v) is 2.19. The number of hydrogen-bond donors (Lipinski definition) is 0. The zero-order valence-electron chi connectivity index (χ0n) is 11.3. The lowest BCUT2D eigenvalue weighted by Crippen LogP contribution is -2.07. The van der Waals surface area contributed by atoms with Gasteiger partial charge in [-0.3, -0.25) is 0 Å². The molecule has 0 saturated heterocycles. The Bertz CT molecular complexity index is 770. The maximum atomic E-state index is 12.4. The Balaban J connectivity index is 2.10. The van der Waals surface area contributed by atoms with Crippen LogP contribution in [-0.4, -0.2) is 27.6 Å². The minimum absolute atomic E-state index is 0.409. The summed E-state index contributed by atoms with van der Waals surface area (Å²) in [5, 5.41) is 4.25. The first-order valence-corrected chi connectivity index (χ1v) is 6.47. The van der Waals surface area contributed by atoms with Gasteiger partial charge in [0.05, 0.1) is 0 Å². The molecule has 0 radical (unpaired) electrons. The summed E-state index contributed by atoms with van der Waals surface area (Å²) in [4.78, 5) is 4.37. The van der Waals surface area contributed by atoms with Crippen LogP contribution in [0, 0.1) is 6.92 Å². The molecule has 3 aromatic rings. The van der Waals surface area contributed by atoms with Crippen LogP contribution in [-0.2, 0) is 0 Å². The fraction of sp³-hybridized carbons (Fsp3) is 0.200. The predicted molar refractivity (Wildman–Crippen MR) is 74.7 cm³/mol. The molecule has 0 spiro atoms. The van der Waals surface area contributed by atoms with Gasteiger partial charge in [0.25, 0.3) is 6.43 Å². The summed E-state index contributed by atoms with van der Waals surface area (Å²) in [6.45, 7) is 1.17. The van der Waals surface area contributed by atoms with Gasteiger partial charge < -0.3 is 4.74 Å². The average molecular weight is 289 g/mol. The Morgan fingerprint density at radius 2 is 1.90 bits per heavy atom. The molecule has 0 unspecified atom stereocenters. The zero-order valence-corrected chi connectivity index (χ0v) is 11.3. The highest BCUT2D eigenvalue weighted by Crippen LogP contribution is 2.32. The summed E-state index contributed by atoms with van der Waals surface area (Å²) in [5.74, 6) is 1.06. The van der Waals surface area contributed by atoms with E-state index in [0.29, 0.717) is 17.2 Å². The van der Waals surface area contributed by atoms with Crippen LogP contribution >= 0.6 is 0 Å². The molecule has 108 valence electrons. The SMILES string of the molecule is Cc1nc2c(-c3ccccc3OCC(F)F)cccn2n1. The summed E-state index contributed by atoms with van der Waals surface area (Å²) in [6.07, 6.45) is -0.717. The minimum atomic E-state index is -2.51. The van der Waals surface area contributed by atoms with E-state index in [1.54, 1.807) is 29.8 Å². The average Bonchev–Trinajstić information content (AvgIpc) is 2.85.